The summed E-state index contributed by atoms with van der Waals surface area (Å²) in [6, 6.07) is 15.8. The third kappa shape index (κ3) is 7.88. The summed E-state index contributed by atoms with van der Waals surface area (Å²) in [5, 5.41) is 20.9. The number of para-hydroxylation sites is 1. The maximum atomic E-state index is 13.2. The second-order valence-electron chi connectivity index (χ2n) is 8.98. The zero-order chi connectivity index (χ0) is 27.5. The molecule has 1 aliphatic rings. The summed E-state index contributed by atoms with van der Waals surface area (Å²) in [6.45, 7) is 5.61. The van der Waals surface area contributed by atoms with Crippen molar-refractivity contribution in [2.24, 2.45) is 0 Å². The first-order valence-corrected chi connectivity index (χ1v) is 13.2. The van der Waals surface area contributed by atoms with Crippen LogP contribution in [-0.2, 0) is 0 Å². The fourth-order valence-corrected chi connectivity index (χ4v) is 4.24. The largest absolute Gasteiger partial charge is 0.488 e. The SMILES string of the molecule is CCOc1c(NCCO)nc(-c2ccc(NC(=O)Nc3ccccc3)cc2)nc1C(=O)NCCN1CCCC1. The van der Waals surface area contributed by atoms with Crippen molar-refractivity contribution in [3.8, 4) is 17.1 Å². The summed E-state index contributed by atoms with van der Waals surface area (Å²) >= 11 is 0. The van der Waals surface area contributed by atoms with Gasteiger partial charge in [-0.3, -0.25) is 4.79 Å². The van der Waals surface area contributed by atoms with E-state index in [1.54, 1.807) is 36.4 Å². The lowest BCUT2D eigenvalue weighted by Crippen LogP contribution is -2.34. The average Bonchev–Trinajstić information content (AvgIpc) is 3.47. The highest BCUT2D eigenvalue weighted by Gasteiger charge is 2.23. The predicted molar refractivity (Wildman–Crippen MR) is 151 cm³/mol. The van der Waals surface area contributed by atoms with Crippen molar-refractivity contribution < 1.29 is 19.4 Å². The van der Waals surface area contributed by atoms with Gasteiger partial charge < -0.3 is 36.0 Å². The number of anilines is 3. The molecule has 5 N–H and O–H groups in total. The topological polar surface area (TPSA) is 141 Å². The second-order valence-corrected chi connectivity index (χ2v) is 8.98. The number of carbonyl (C=O) groups excluding carboxylic acids is 2. The molecule has 1 fully saturated rings. The number of aliphatic hydroxyl groups excluding tert-OH is 1. The van der Waals surface area contributed by atoms with Gasteiger partial charge in [0.2, 0.25) is 0 Å². The zero-order valence-electron chi connectivity index (χ0n) is 22.1. The van der Waals surface area contributed by atoms with Crippen LogP contribution in [0.25, 0.3) is 11.4 Å². The molecule has 3 aromatic rings. The molecule has 0 aliphatic carbocycles. The molecule has 0 radical (unpaired) electrons. The smallest absolute Gasteiger partial charge is 0.323 e. The summed E-state index contributed by atoms with van der Waals surface area (Å²) in [5.41, 5.74) is 2.03. The maximum absolute atomic E-state index is 13.2. The summed E-state index contributed by atoms with van der Waals surface area (Å²) in [6.07, 6.45) is 2.37. The lowest BCUT2D eigenvalue weighted by atomic mass is 10.2. The van der Waals surface area contributed by atoms with Crippen LogP contribution in [0.4, 0.5) is 22.0 Å². The highest BCUT2D eigenvalue weighted by atomic mass is 16.5. The Hall–Kier alpha value is -4.22. The Morgan fingerprint density at radius 3 is 2.31 bits per heavy atom. The lowest BCUT2D eigenvalue weighted by molar-refractivity contribution is 0.0940. The number of nitrogens with zero attached hydrogens (tertiary/aromatic N) is 3. The molecule has 1 aliphatic heterocycles. The summed E-state index contributed by atoms with van der Waals surface area (Å²) in [4.78, 5) is 37.0. The van der Waals surface area contributed by atoms with Crippen LogP contribution in [0.1, 0.15) is 30.3 Å². The number of likely N-dealkylation sites (tertiary alicyclic amines) is 1. The highest BCUT2D eigenvalue weighted by Crippen LogP contribution is 2.30. The van der Waals surface area contributed by atoms with Crippen LogP contribution in [0, 0.1) is 0 Å². The van der Waals surface area contributed by atoms with Gasteiger partial charge in [-0.2, -0.15) is 0 Å². The fraction of sp³-hybridized carbons (Fsp3) is 0.357. The third-order valence-corrected chi connectivity index (χ3v) is 6.12. The van der Waals surface area contributed by atoms with Gasteiger partial charge in [-0.05, 0) is 69.3 Å². The van der Waals surface area contributed by atoms with E-state index in [0.29, 0.717) is 41.7 Å². The number of amides is 3. The van der Waals surface area contributed by atoms with Crippen LogP contribution >= 0.6 is 0 Å². The fourth-order valence-electron chi connectivity index (χ4n) is 4.24. The molecular weight excluding hydrogens is 498 g/mol. The number of hydrogen-bond acceptors (Lipinski definition) is 8. The molecule has 0 bridgehead atoms. The average molecular weight is 534 g/mol. The first-order chi connectivity index (χ1) is 19.1. The number of ether oxygens (including phenoxy) is 1. The standard InChI is InChI=1S/C28H35N7O4/c1-2-39-24-23(27(37)30-14-18-35-16-6-7-17-35)33-25(34-26(24)29-15-19-36)20-10-12-22(13-11-20)32-28(38)31-21-8-4-3-5-9-21/h3-5,8-13,36H,2,6-7,14-19H2,1H3,(H,30,37)(H,29,33,34)(H2,31,32,38). The lowest BCUT2D eigenvalue weighted by Gasteiger charge is -2.17. The van der Waals surface area contributed by atoms with Crippen LogP contribution in [-0.4, -0.2) is 77.9 Å². The number of urea groups is 1. The minimum Gasteiger partial charge on any atom is -0.488 e. The Morgan fingerprint density at radius 2 is 1.64 bits per heavy atom. The molecule has 11 nitrogen and oxygen atoms in total. The summed E-state index contributed by atoms with van der Waals surface area (Å²) in [5.74, 6) is 0.516. The first-order valence-electron chi connectivity index (χ1n) is 13.2. The van der Waals surface area contributed by atoms with E-state index in [4.69, 9.17) is 4.74 Å². The molecule has 1 saturated heterocycles. The predicted octanol–water partition coefficient (Wildman–Crippen LogP) is 3.42. The Bertz CT molecular complexity index is 1230. The Labute approximate surface area is 228 Å². The minimum atomic E-state index is -0.366. The van der Waals surface area contributed by atoms with E-state index in [2.05, 4.69) is 36.1 Å². The van der Waals surface area contributed by atoms with Gasteiger partial charge in [-0.25, -0.2) is 14.8 Å². The van der Waals surface area contributed by atoms with E-state index in [1.165, 1.54) is 12.8 Å². The van der Waals surface area contributed by atoms with Gasteiger partial charge in [0, 0.05) is 36.6 Å². The molecule has 206 valence electrons. The number of rotatable bonds is 12. The van der Waals surface area contributed by atoms with Gasteiger partial charge in [0.25, 0.3) is 5.91 Å². The van der Waals surface area contributed by atoms with E-state index in [0.717, 1.165) is 19.6 Å². The molecule has 39 heavy (non-hydrogen) atoms. The quantitative estimate of drug-likeness (QED) is 0.239. The molecular formula is C28H35N7O4. The Morgan fingerprint density at radius 1 is 0.949 bits per heavy atom. The zero-order valence-corrected chi connectivity index (χ0v) is 22.1. The highest BCUT2D eigenvalue weighted by molar-refractivity contribution is 6.00. The third-order valence-electron chi connectivity index (χ3n) is 6.12. The molecule has 0 atom stereocenters. The van der Waals surface area contributed by atoms with Crippen molar-refractivity contribution in [2.75, 3.05) is 61.9 Å². The number of benzene rings is 2. The molecule has 11 heteroatoms. The monoisotopic (exact) mass is 533 g/mol. The minimum absolute atomic E-state index is 0.117. The summed E-state index contributed by atoms with van der Waals surface area (Å²) in [7, 11) is 0. The van der Waals surface area contributed by atoms with Crippen molar-refractivity contribution in [1.29, 1.82) is 0 Å². The molecule has 0 unspecified atom stereocenters. The van der Waals surface area contributed by atoms with Gasteiger partial charge in [0.1, 0.15) is 0 Å². The maximum Gasteiger partial charge on any atom is 0.323 e. The van der Waals surface area contributed by atoms with Crippen molar-refractivity contribution in [3.05, 3.63) is 60.3 Å². The van der Waals surface area contributed by atoms with E-state index >= 15 is 0 Å². The van der Waals surface area contributed by atoms with Crippen LogP contribution in [0.2, 0.25) is 0 Å². The van der Waals surface area contributed by atoms with Crippen LogP contribution in [0.3, 0.4) is 0 Å². The van der Waals surface area contributed by atoms with Crippen LogP contribution < -0.4 is 26.0 Å². The van der Waals surface area contributed by atoms with Gasteiger partial charge in [0.05, 0.1) is 13.2 Å². The number of hydrogen-bond donors (Lipinski definition) is 5. The van der Waals surface area contributed by atoms with Crippen molar-refractivity contribution in [3.63, 3.8) is 0 Å². The van der Waals surface area contributed by atoms with Gasteiger partial charge in [0.15, 0.2) is 23.1 Å². The van der Waals surface area contributed by atoms with Crippen molar-refractivity contribution in [2.45, 2.75) is 19.8 Å². The molecule has 1 aromatic heterocycles. The molecule has 3 amide bonds. The normalized spacial score (nSPS) is 13.1. The van der Waals surface area contributed by atoms with E-state index in [-0.39, 0.29) is 36.5 Å². The van der Waals surface area contributed by atoms with Crippen LogP contribution in [0.15, 0.2) is 54.6 Å². The number of carbonyl (C=O) groups is 2. The number of aromatic nitrogens is 2. The molecule has 4 rings (SSSR count). The van der Waals surface area contributed by atoms with Crippen molar-refractivity contribution >= 4 is 29.1 Å². The Balaban J connectivity index is 1.53. The molecule has 0 spiro atoms. The van der Waals surface area contributed by atoms with Crippen molar-refractivity contribution in [1.82, 2.24) is 20.2 Å². The summed E-state index contributed by atoms with van der Waals surface area (Å²) < 4.78 is 5.77. The molecule has 2 heterocycles. The van der Waals surface area contributed by atoms with E-state index < -0.39 is 0 Å². The number of aliphatic hydroxyl groups is 1. The van der Waals surface area contributed by atoms with E-state index in [1.807, 2.05) is 25.1 Å². The molecule has 2 aromatic carbocycles. The molecule has 0 saturated carbocycles. The van der Waals surface area contributed by atoms with Crippen LogP contribution in [0.5, 0.6) is 5.75 Å². The second kappa shape index (κ2) is 14.1. The number of nitrogens with one attached hydrogen (secondary N) is 4. The Kier molecular flexibility index (Phi) is 10.0. The van der Waals surface area contributed by atoms with Gasteiger partial charge in [-0.1, -0.05) is 18.2 Å². The van der Waals surface area contributed by atoms with Gasteiger partial charge >= 0.3 is 6.03 Å². The van der Waals surface area contributed by atoms with Gasteiger partial charge in [-0.15, -0.1) is 0 Å². The van der Waals surface area contributed by atoms with E-state index in [9.17, 15) is 14.7 Å². The first kappa shape index (κ1) is 27.8.